The monoisotopic (exact) mass is 225 g/mol. The normalized spacial score (nSPS) is 12.2. The summed E-state index contributed by atoms with van der Waals surface area (Å²) >= 11 is 5.79. The van der Waals surface area contributed by atoms with E-state index in [2.05, 4.69) is 5.32 Å². The van der Waals surface area contributed by atoms with Gasteiger partial charge in [0.2, 0.25) is 0 Å². The van der Waals surface area contributed by atoms with Gasteiger partial charge in [0.05, 0.1) is 0 Å². The quantitative estimate of drug-likeness (QED) is 0.785. The molecule has 1 N–H and O–H groups in total. The van der Waals surface area contributed by atoms with Crippen LogP contribution in [0.4, 0.5) is 0 Å². The summed E-state index contributed by atoms with van der Waals surface area (Å²) < 4.78 is 0. The Bertz CT molecular complexity index is 336. The van der Waals surface area contributed by atoms with E-state index in [-0.39, 0.29) is 11.3 Å². The lowest BCUT2D eigenvalue weighted by Gasteiger charge is -2.07. The van der Waals surface area contributed by atoms with E-state index >= 15 is 0 Å². The van der Waals surface area contributed by atoms with Gasteiger partial charge in [-0.05, 0) is 31.9 Å². The number of carbonyl (C=O) groups is 1. The number of hydrogen-bond donors (Lipinski definition) is 1. The Hall–Kier alpha value is -1.02. The second-order valence-corrected chi connectivity index (χ2v) is 4.39. The van der Waals surface area contributed by atoms with Crippen LogP contribution >= 0.6 is 11.6 Å². The molecule has 82 valence electrons. The number of halogens is 1. The van der Waals surface area contributed by atoms with Crippen molar-refractivity contribution in [2.45, 2.75) is 25.6 Å². The van der Waals surface area contributed by atoms with Crippen LogP contribution in [0, 0.1) is 6.92 Å². The molecule has 3 heteroatoms. The van der Waals surface area contributed by atoms with Gasteiger partial charge in [0.25, 0.3) is 5.91 Å². The number of alkyl halides is 1. The van der Waals surface area contributed by atoms with Gasteiger partial charge in [0.1, 0.15) is 0 Å². The fourth-order valence-electron chi connectivity index (χ4n) is 1.31. The number of hydrogen-bond acceptors (Lipinski definition) is 1. The van der Waals surface area contributed by atoms with E-state index in [0.29, 0.717) is 6.54 Å². The minimum atomic E-state index is -0.0228. The number of carbonyl (C=O) groups excluding carboxylic acids is 1. The Kier molecular flexibility index (Phi) is 4.63. The van der Waals surface area contributed by atoms with Crippen molar-refractivity contribution in [2.75, 3.05) is 6.54 Å². The highest BCUT2D eigenvalue weighted by Gasteiger charge is 2.07. The zero-order valence-corrected chi connectivity index (χ0v) is 9.84. The second kappa shape index (κ2) is 5.76. The van der Waals surface area contributed by atoms with Crippen LogP contribution < -0.4 is 5.32 Å². The van der Waals surface area contributed by atoms with Gasteiger partial charge < -0.3 is 5.32 Å². The summed E-state index contributed by atoms with van der Waals surface area (Å²) in [5.74, 6) is -0.0228. The topological polar surface area (TPSA) is 29.1 Å². The molecule has 0 spiro atoms. The van der Waals surface area contributed by atoms with Gasteiger partial charge in [-0.25, -0.2) is 0 Å². The molecule has 0 bridgehead atoms. The summed E-state index contributed by atoms with van der Waals surface area (Å²) in [5.41, 5.74) is 1.73. The molecular weight excluding hydrogens is 210 g/mol. The highest BCUT2D eigenvalue weighted by Crippen LogP contribution is 2.06. The van der Waals surface area contributed by atoms with Crippen molar-refractivity contribution >= 4 is 17.5 Å². The van der Waals surface area contributed by atoms with E-state index in [9.17, 15) is 4.79 Å². The smallest absolute Gasteiger partial charge is 0.251 e. The van der Waals surface area contributed by atoms with Crippen LogP contribution in [0.15, 0.2) is 24.3 Å². The number of amides is 1. The van der Waals surface area contributed by atoms with Crippen molar-refractivity contribution < 1.29 is 4.79 Å². The molecule has 2 nitrogen and oxygen atoms in total. The van der Waals surface area contributed by atoms with Gasteiger partial charge in [0, 0.05) is 17.5 Å². The maximum atomic E-state index is 11.7. The minimum absolute atomic E-state index is 0.0228. The average molecular weight is 226 g/mol. The van der Waals surface area contributed by atoms with Crippen LogP contribution in [0.1, 0.15) is 29.3 Å². The van der Waals surface area contributed by atoms with Crippen molar-refractivity contribution in [3.63, 3.8) is 0 Å². The first-order valence-corrected chi connectivity index (χ1v) is 5.53. The molecule has 0 saturated carbocycles. The van der Waals surface area contributed by atoms with E-state index in [0.717, 1.165) is 17.5 Å². The first-order valence-electron chi connectivity index (χ1n) is 5.09. The molecule has 1 atom stereocenters. The predicted molar refractivity (Wildman–Crippen MR) is 63.4 cm³/mol. The molecule has 15 heavy (non-hydrogen) atoms. The minimum Gasteiger partial charge on any atom is -0.352 e. The van der Waals surface area contributed by atoms with Crippen LogP contribution in [-0.2, 0) is 0 Å². The summed E-state index contributed by atoms with van der Waals surface area (Å²) in [5, 5.41) is 2.95. The molecule has 0 saturated heterocycles. The fraction of sp³-hybridized carbons (Fsp3) is 0.417. The fourth-order valence-corrected chi connectivity index (χ4v) is 1.42. The summed E-state index contributed by atoms with van der Waals surface area (Å²) in [4.78, 5) is 11.7. The van der Waals surface area contributed by atoms with E-state index < -0.39 is 0 Å². The lowest BCUT2D eigenvalue weighted by atomic mass is 10.1. The molecule has 0 fully saturated rings. The first kappa shape index (κ1) is 12.1. The maximum absolute atomic E-state index is 11.7. The summed E-state index contributed by atoms with van der Waals surface area (Å²) in [6.07, 6.45) is 0.791. The number of nitrogens with one attached hydrogen (secondary N) is 1. The lowest BCUT2D eigenvalue weighted by Crippen LogP contribution is -2.26. The van der Waals surface area contributed by atoms with E-state index in [4.69, 9.17) is 11.6 Å². The van der Waals surface area contributed by atoms with Gasteiger partial charge in [-0.3, -0.25) is 4.79 Å². The van der Waals surface area contributed by atoms with E-state index in [1.54, 1.807) is 0 Å². The second-order valence-electron chi connectivity index (χ2n) is 3.64. The highest BCUT2D eigenvalue weighted by atomic mass is 35.5. The lowest BCUT2D eigenvalue weighted by molar-refractivity contribution is 0.0952. The van der Waals surface area contributed by atoms with Crippen molar-refractivity contribution in [3.05, 3.63) is 35.4 Å². The van der Waals surface area contributed by atoms with Gasteiger partial charge >= 0.3 is 0 Å². The molecule has 1 aromatic carbocycles. The van der Waals surface area contributed by atoms with Crippen molar-refractivity contribution in [3.8, 4) is 0 Å². The molecule has 0 heterocycles. The molecule has 0 aliphatic heterocycles. The highest BCUT2D eigenvalue weighted by molar-refractivity contribution is 6.20. The molecule has 0 aliphatic rings. The Morgan fingerprint density at radius 3 is 2.73 bits per heavy atom. The molecule has 0 aromatic heterocycles. The molecule has 1 rings (SSSR count). The number of rotatable bonds is 4. The zero-order valence-electron chi connectivity index (χ0n) is 9.09. The van der Waals surface area contributed by atoms with Crippen molar-refractivity contribution in [1.82, 2.24) is 5.32 Å². The standard InChI is InChI=1S/C12H16ClNO/c1-9-5-3-4-6-11(9)12(15)14-8-7-10(2)13/h3-6,10H,7-8H2,1-2H3,(H,14,15). The van der Waals surface area contributed by atoms with Gasteiger partial charge in [0.15, 0.2) is 0 Å². The average Bonchev–Trinajstić information content (AvgIpc) is 2.17. The third kappa shape index (κ3) is 3.92. The Balaban J connectivity index is 2.51. The van der Waals surface area contributed by atoms with Crippen LogP contribution in [0.3, 0.4) is 0 Å². The molecule has 1 amide bonds. The van der Waals surface area contributed by atoms with Crippen molar-refractivity contribution in [2.24, 2.45) is 0 Å². The van der Waals surface area contributed by atoms with Crippen LogP contribution in [0.25, 0.3) is 0 Å². The SMILES string of the molecule is Cc1ccccc1C(=O)NCCC(C)Cl. The largest absolute Gasteiger partial charge is 0.352 e. The third-order valence-corrected chi connectivity index (χ3v) is 2.44. The van der Waals surface area contributed by atoms with Crippen LogP contribution in [-0.4, -0.2) is 17.8 Å². The van der Waals surface area contributed by atoms with E-state index in [1.807, 2.05) is 38.1 Å². The van der Waals surface area contributed by atoms with Crippen LogP contribution in [0.5, 0.6) is 0 Å². The third-order valence-electron chi connectivity index (χ3n) is 2.22. The van der Waals surface area contributed by atoms with E-state index in [1.165, 1.54) is 0 Å². The predicted octanol–water partition coefficient (Wildman–Crippen LogP) is 2.74. The molecule has 1 aromatic rings. The molecular formula is C12H16ClNO. The van der Waals surface area contributed by atoms with Gasteiger partial charge in [-0.2, -0.15) is 0 Å². The Labute approximate surface area is 95.6 Å². The summed E-state index contributed by atoms with van der Waals surface area (Å²) in [6.45, 7) is 4.47. The maximum Gasteiger partial charge on any atom is 0.251 e. The van der Waals surface area contributed by atoms with Gasteiger partial charge in [-0.15, -0.1) is 11.6 Å². The number of aryl methyl sites for hydroxylation is 1. The first-order chi connectivity index (χ1) is 7.11. The summed E-state index contributed by atoms with van der Waals surface area (Å²) in [6, 6.07) is 7.55. The zero-order chi connectivity index (χ0) is 11.3. The molecule has 0 radical (unpaired) electrons. The molecule has 1 unspecified atom stereocenters. The molecule has 0 aliphatic carbocycles. The van der Waals surface area contributed by atoms with Crippen LogP contribution in [0.2, 0.25) is 0 Å². The van der Waals surface area contributed by atoms with Crippen molar-refractivity contribution in [1.29, 1.82) is 0 Å². The Morgan fingerprint density at radius 1 is 1.47 bits per heavy atom. The Morgan fingerprint density at radius 2 is 2.13 bits per heavy atom. The van der Waals surface area contributed by atoms with Gasteiger partial charge in [-0.1, -0.05) is 18.2 Å². The summed E-state index contributed by atoms with van der Waals surface area (Å²) in [7, 11) is 0. The number of benzene rings is 1.